The van der Waals surface area contributed by atoms with Gasteiger partial charge in [-0.25, -0.2) is 13.1 Å². The van der Waals surface area contributed by atoms with Gasteiger partial charge < -0.3 is 0 Å². The molecule has 0 saturated heterocycles. The molecule has 0 spiro atoms. The minimum Gasteiger partial charge on any atom is -0.211 e. The van der Waals surface area contributed by atoms with Crippen molar-refractivity contribution in [3.63, 3.8) is 0 Å². The van der Waals surface area contributed by atoms with Crippen LogP contribution in [0.5, 0.6) is 0 Å². The van der Waals surface area contributed by atoms with Gasteiger partial charge in [-0.05, 0) is 37.0 Å². The minimum atomic E-state index is -3.44. The molecule has 1 aromatic carbocycles. The van der Waals surface area contributed by atoms with Crippen LogP contribution in [0.4, 0.5) is 0 Å². The van der Waals surface area contributed by atoms with E-state index < -0.39 is 10.0 Å². The maximum Gasteiger partial charge on any atom is 0.240 e. The first kappa shape index (κ1) is 15.3. The van der Waals surface area contributed by atoms with E-state index in [4.69, 9.17) is 11.6 Å². The van der Waals surface area contributed by atoms with Crippen LogP contribution in [0, 0.1) is 5.92 Å². The molecule has 19 heavy (non-hydrogen) atoms. The van der Waals surface area contributed by atoms with Crippen LogP contribution in [-0.4, -0.2) is 20.3 Å². The molecule has 2 atom stereocenters. The van der Waals surface area contributed by atoms with Crippen LogP contribution >= 0.6 is 27.5 Å². The van der Waals surface area contributed by atoms with Crippen LogP contribution < -0.4 is 4.72 Å². The number of hydrogen-bond acceptors (Lipinski definition) is 2. The molecule has 1 N–H and O–H groups in total. The van der Waals surface area contributed by atoms with Gasteiger partial charge in [-0.3, -0.25) is 0 Å². The first-order chi connectivity index (χ1) is 8.99. The van der Waals surface area contributed by atoms with Crippen LogP contribution in [0.1, 0.15) is 25.7 Å². The molecule has 1 fully saturated rings. The number of alkyl halides is 1. The van der Waals surface area contributed by atoms with Crippen molar-refractivity contribution in [3.05, 3.63) is 28.7 Å². The minimum absolute atomic E-state index is 0.0824. The summed E-state index contributed by atoms with van der Waals surface area (Å²) in [4.78, 5) is 0.281. The lowest BCUT2D eigenvalue weighted by Gasteiger charge is -2.27. The molecule has 1 aromatic rings. The van der Waals surface area contributed by atoms with E-state index in [9.17, 15) is 8.42 Å². The summed E-state index contributed by atoms with van der Waals surface area (Å²) in [5.74, 6) is 0.234. The van der Waals surface area contributed by atoms with Gasteiger partial charge in [0.15, 0.2) is 0 Å². The second-order valence-corrected chi connectivity index (χ2v) is 8.11. The van der Waals surface area contributed by atoms with Crippen LogP contribution in [0.3, 0.4) is 0 Å². The normalized spacial score (nSPS) is 24.3. The van der Waals surface area contributed by atoms with E-state index in [1.807, 2.05) is 0 Å². The van der Waals surface area contributed by atoms with Crippen LogP contribution in [0.25, 0.3) is 0 Å². The Labute approximate surface area is 127 Å². The molecule has 0 radical (unpaired) electrons. The van der Waals surface area contributed by atoms with Crippen molar-refractivity contribution in [2.45, 2.75) is 36.0 Å². The molecule has 0 bridgehead atoms. The molecular formula is C13H17BrClNO2S. The second-order valence-electron chi connectivity index (χ2n) is 4.87. The van der Waals surface area contributed by atoms with Crippen LogP contribution in [-0.2, 0) is 10.0 Å². The molecule has 106 valence electrons. The zero-order chi connectivity index (χ0) is 13.9. The smallest absolute Gasteiger partial charge is 0.211 e. The van der Waals surface area contributed by atoms with Crippen molar-refractivity contribution in [1.82, 2.24) is 4.72 Å². The van der Waals surface area contributed by atoms with Crippen molar-refractivity contribution >= 4 is 37.6 Å². The maximum absolute atomic E-state index is 12.2. The fraction of sp³-hybridized carbons (Fsp3) is 0.538. The highest BCUT2D eigenvalue weighted by atomic mass is 79.9. The summed E-state index contributed by atoms with van der Waals surface area (Å²) in [6.07, 6.45) is 4.25. The van der Waals surface area contributed by atoms with Gasteiger partial charge in [0.2, 0.25) is 10.0 Å². The third kappa shape index (κ3) is 4.18. The highest BCUT2D eigenvalue weighted by Crippen LogP contribution is 2.28. The van der Waals surface area contributed by atoms with E-state index in [-0.39, 0.29) is 16.2 Å². The third-order valence-corrected chi connectivity index (χ3v) is 5.95. The Morgan fingerprint density at radius 2 is 2.05 bits per heavy atom. The summed E-state index contributed by atoms with van der Waals surface area (Å²) in [6.45, 7) is 0.420. The van der Waals surface area contributed by atoms with Gasteiger partial charge in [0, 0.05) is 16.4 Å². The maximum atomic E-state index is 12.2. The van der Waals surface area contributed by atoms with Gasteiger partial charge in [-0.1, -0.05) is 34.8 Å². The lowest BCUT2D eigenvalue weighted by molar-refractivity contribution is 0.364. The van der Waals surface area contributed by atoms with E-state index in [1.165, 1.54) is 0 Å². The van der Waals surface area contributed by atoms with Crippen molar-refractivity contribution in [3.8, 4) is 0 Å². The molecule has 1 aliphatic carbocycles. The van der Waals surface area contributed by atoms with Crippen molar-refractivity contribution in [2.75, 3.05) is 6.54 Å². The zero-order valence-corrected chi connectivity index (χ0v) is 13.6. The number of rotatable bonds is 4. The zero-order valence-electron chi connectivity index (χ0n) is 10.5. The summed E-state index contributed by atoms with van der Waals surface area (Å²) < 4.78 is 27.7. The van der Waals surface area contributed by atoms with Crippen molar-refractivity contribution < 1.29 is 8.42 Å². The SMILES string of the molecule is O=S(=O)(NCC1CCCCC1Cl)c1cccc(Br)c1. The lowest BCUT2D eigenvalue weighted by atomic mass is 9.89. The fourth-order valence-electron chi connectivity index (χ4n) is 2.33. The predicted octanol–water partition coefficient (Wildman–Crippen LogP) is 3.53. The molecule has 2 unspecified atom stereocenters. The van der Waals surface area contributed by atoms with E-state index in [0.717, 1.165) is 30.2 Å². The first-order valence-corrected chi connectivity index (χ1v) is 9.09. The summed E-state index contributed by atoms with van der Waals surface area (Å²) in [5.41, 5.74) is 0. The molecule has 0 aliphatic heterocycles. The summed E-state index contributed by atoms with van der Waals surface area (Å²) in [7, 11) is -3.44. The Bertz CT molecular complexity index is 535. The topological polar surface area (TPSA) is 46.2 Å². The van der Waals surface area contributed by atoms with E-state index in [2.05, 4.69) is 20.7 Å². The van der Waals surface area contributed by atoms with Gasteiger partial charge in [-0.15, -0.1) is 11.6 Å². The summed E-state index contributed by atoms with van der Waals surface area (Å²) >= 11 is 9.52. The molecule has 1 aliphatic rings. The van der Waals surface area contributed by atoms with Gasteiger partial charge in [0.25, 0.3) is 0 Å². The summed E-state index contributed by atoms with van der Waals surface area (Å²) in [6, 6.07) is 6.70. The Morgan fingerprint density at radius 3 is 2.74 bits per heavy atom. The Morgan fingerprint density at radius 1 is 1.32 bits per heavy atom. The number of halogens is 2. The Kier molecular flexibility index (Phi) is 5.29. The molecule has 1 saturated carbocycles. The van der Waals surface area contributed by atoms with Crippen molar-refractivity contribution in [1.29, 1.82) is 0 Å². The monoisotopic (exact) mass is 365 g/mol. The molecular weight excluding hydrogens is 350 g/mol. The largest absolute Gasteiger partial charge is 0.240 e. The number of nitrogens with one attached hydrogen (secondary N) is 1. The predicted molar refractivity (Wildman–Crippen MR) is 80.9 cm³/mol. The van der Waals surface area contributed by atoms with Crippen LogP contribution in [0.2, 0.25) is 0 Å². The number of sulfonamides is 1. The van der Waals surface area contributed by atoms with Gasteiger partial charge in [0.05, 0.1) is 4.90 Å². The van der Waals surface area contributed by atoms with Crippen LogP contribution in [0.15, 0.2) is 33.6 Å². The highest BCUT2D eigenvalue weighted by molar-refractivity contribution is 9.10. The average Bonchev–Trinajstić information content (AvgIpc) is 2.38. The van der Waals surface area contributed by atoms with Crippen molar-refractivity contribution in [2.24, 2.45) is 5.92 Å². The first-order valence-electron chi connectivity index (χ1n) is 6.38. The van der Waals surface area contributed by atoms with Gasteiger partial charge >= 0.3 is 0 Å². The Balaban J connectivity index is 2.01. The second kappa shape index (κ2) is 6.57. The fourth-order valence-corrected chi connectivity index (χ4v) is 4.39. The number of hydrogen-bond donors (Lipinski definition) is 1. The highest BCUT2D eigenvalue weighted by Gasteiger charge is 2.25. The molecule has 6 heteroatoms. The molecule has 2 rings (SSSR count). The molecule has 3 nitrogen and oxygen atoms in total. The quantitative estimate of drug-likeness (QED) is 0.829. The van der Waals surface area contributed by atoms with Gasteiger partial charge in [-0.2, -0.15) is 0 Å². The van der Waals surface area contributed by atoms with E-state index in [0.29, 0.717) is 6.54 Å². The lowest BCUT2D eigenvalue weighted by Crippen LogP contribution is -2.34. The third-order valence-electron chi connectivity index (χ3n) is 3.46. The van der Waals surface area contributed by atoms with Gasteiger partial charge in [0.1, 0.15) is 0 Å². The van der Waals surface area contributed by atoms with E-state index >= 15 is 0 Å². The molecule has 0 heterocycles. The molecule has 0 aromatic heterocycles. The number of benzene rings is 1. The standard InChI is InChI=1S/C13H17BrClNO2S/c14-11-5-3-6-12(8-11)19(17,18)16-9-10-4-1-2-7-13(10)15/h3,5-6,8,10,13,16H,1-2,4,7,9H2. The summed E-state index contributed by atoms with van der Waals surface area (Å²) in [5, 5.41) is 0.0824. The molecule has 0 amide bonds. The van der Waals surface area contributed by atoms with E-state index in [1.54, 1.807) is 24.3 Å². The Hall–Kier alpha value is -0.100. The average molecular weight is 367 g/mol.